The minimum Gasteiger partial charge on any atom is -0.485 e. The van der Waals surface area contributed by atoms with Crippen molar-refractivity contribution < 1.29 is 4.74 Å². The van der Waals surface area contributed by atoms with Crippen molar-refractivity contribution in [2.75, 3.05) is 0 Å². The van der Waals surface area contributed by atoms with Gasteiger partial charge in [0.2, 0.25) is 0 Å². The maximum Gasteiger partial charge on any atom is 0.159 e. The second kappa shape index (κ2) is 6.48. The number of aromatic nitrogens is 1. The van der Waals surface area contributed by atoms with E-state index in [4.69, 9.17) is 16.3 Å². The fraction of sp³-hybridized carbons (Fsp3) is 0.154. The van der Waals surface area contributed by atoms with E-state index in [1.54, 1.807) is 12.3 Å². The largest absolute Gasteiger partial charge is 0.485 e. The molecule has 0 N–H and O–H groups in total. The second-order valence-electron chi connectivity index (χ2n) is 3.48. The molecular formula is C13H13Cl2NO. The highest BCUT2D eigenvalue weighted by atomic mass is 35.5. The van der Waals surface area contributed by atoms with Crippen molar-refractivity contribution in [1.82, 2.24) is 4.98 Å². The fourth-order valence-corrected chi connectivity index (χ4v) is 1.67. The number of nitrogens with zero attached hydrogens (tertiary/aromatic N) is 1. The molecule has 2 nitrogen and oxygen atoms in total. The van der Waals surface area contributed by atoms with E-state index < -0.39 is 0 Å². The van der Waals surface area contributed by atoms with Gasteiger partial charge in [0.05, 0.1) is 10.7 Å². The molecule has 1 heterocycles. The van der Waals surface area contributed by atoms with Gasteiger partial charge in [0.25, 0.3) is 0 Å². The molecule has 0 radical (unpaired) electrons. The molecule has 0 atom stereocenters. The Balaban J connectivity index is 0.00000144. The summed E-state index contributed by atoms with van der Waals surface area (Å²) in [6.07, 6.45) is 1.67. The average molecular weight is 270 g/mol. The lowest BCUT2D eigenvalue weighted by atomic mass is 10.2. The SMILES string of the molecule is Cc1nccc(Cl)c1OCc1ccccc1.Cl. The Bertz CT molecular complexity index is 454. The summed E-state index contributed by atoms with van der Waals surface area (Å²) in [4.78, 5) is 4.14. The maximum atomic E-state index is 6.03. The number of rotatable bonds is 3. The first-order valence-electron chi connectivity index (χ1n) is 5.05. The van der Waals surface area contributed by atoms with E-state index in [9.17, 15) is 0 Å². The number of pyridine rings is 1. The van der Waals surface area contributed by atoms with Gasteiger partial charge in [-0.05, 0) is 18.6 Å². The van der Waals surface area contributed by atoms with Crippen LogP contribution in [0.5, 0.6) is 5.75 Å². The van der Waals surface area contributed by atoms with Crippen LogP contribution < -0.4 is 4.74 Å². The van der Waals surface area contributed by atoms with Gasteiger partial charge in [-0.15, -0.1) is 12.4 Å². The van der Waals surface area contributed by atoms with E-state index in [2.05, 4.69) is 4.98 Å². The van der Waals surface area contributed by atoms with Gasteiger partial charge in [-0.1, -0.05) is 41.9 Å². The number of halogens is 2. The normalized spacial score (nSPS) is 9.53. The summed E-state index contributed by atoms with van der Waals surface area (Å²) in [5.41, 5.74) is 1.92. The third-order valence-electron chi connectivity index (χ3n) is 2.26. The van der Waals surface area contributed by atoms with Crippen molar-refractivity contribution >= 4 is 24.0 Å². The Kier molecular flexibility index (Phi) is 5.26. The first-order chi connectivity index (χ1) is 7.77. The van der Waals surface area contributed by atoms with E-state index in [-0.39, 0.29) is 12.4 Å². The molecule has 0 aliphatic carbocycles. The Morgan fingerprint density at radius 1 is 1.18 bits per heavy atom. The van der Waals surface area contributed by atoms with Crippen LogP contribution in [0.1, 0.15) is 11.3 Å². The van der Waals surface area contributed by atoms with Gasteiger partial charge >= 0.3 is 0 Å². The predicted molar refractivity (Wildman–Crippen MR) is 72.0 cm³/mol. The molecule has 0 fully saturated rings. The molecule has 0 amide bonds. The van der Waals surface area contributed by atoms with E-state index in [1.807, 2.05) is 37.3 Å². The van der Waals surface area contributed by atoms with E-state index in [1.165, 1.54) is 0 Å². The Labute approximate surface area is 112 Å². The third-order valence-corrected chi connectivity index (χ3v) is 2.56. The third kappa shape index (κ3) is 3.62. The molecule has 90 valence electrons. The Morgan fingerprint density at radius 3 is 2.53 bits per heavy atom. The van der Waals surface area contributed by atoms with Crippen LogP contribution in [0.25, 0.3) is 0 Å². The zero-order chi connectivity index (χ0) is 11.4. The maximum absolute atomic E-state index is 6.03. The van der Waals surface area contributed by atoms with Crippen molar-refractivity contribution in [2.45, 2.75) is 13.5 Å². The van der Waals surface area contributed by atoms with Crippen LogP contribution in [0, 0.1) is 6.92 Å². The fourth-order valence-electron chi connectivity index (χ4n) is 1.42. The molecule has 0 spiro atoms. The molecule has 0 aliphatic rings. The van der Waals surface area contributed by atoms with Crippen LogP contribution in [-0.2, 0) is 6.61 Å². The van der Waals surface area contributed by atoms with Crippen molar-refractivity contribution in [3.63, 3.8) is 0 Å². The number of hydrogen-bond acceptors (Lipinski definition) is 2. The van der Waals surface area contributed by atoms with Gasteiger partial charge in [-0.25, -0.2) is 0 Å². The summed E-state index contributed by atoms with van der Waals surface area (Å²) >= 11 is 6.03. The predicted octanol–water partition coefficient (Wildman–Crippen LogP) is 4.04. The molecule has 0 bridgehead atoms. The first kappa shape index (κ1) is 13.8. The number of ether oxygens (including phenoxy) is 1. The van der Waals surface area contributed by atoms with Crippen LogP contribution in [0.2, 0.25) is 5.02 Å². The highest BCUT2D eigenvalue weighted by molar-refractivity contribution is 6.32. The number of hydrogen-bond donors (Lipinski definition) is 0. The molecule has 1 aromatic heterocycles. The summed E-state index contributed by atoms with van der Waals surface area (Å²) in [7, 11) is 0. The lowest BCUT2D eigenvalue weighted by molar-refractivity contribution is 0.303. The summed E-state index contributed by atoms with van der Waals surface area (Å²) in [6.45, 7) is 2.39. The average Bonchev–Trinajstić information content (AvgIpc) is 2.30. The smallest absolute Gasteiger partial charge is 0.159 e. The van der Waals surface area contributed by atoms with Crippen molar-refractivity contribution in [3.8, 4) is 5.75 Å². The Morgan fingerprint density at radius 2 is 1.88 bits per heavy atom. The number of aryl methyl sites for hydroxylation is 1. The molecule has 0 saturated heterocycles. The first-order valence-corrected chi connectivity index (χ1v) is 5.43. The van der Waals surface area contributed by atoms with E-state index in [0.717, 1.165) is 11.3 Å². The van der Waals surface area contributed by atoms with Gasteiger partial charge < -0.3 is 4.74 Å². The van der Waals surface area contributed by atoms with Crippen LogP contribution in [0.15, 0.2) is 42.6 Å². The van der Waals surface area contributed by atoms with E-state index in [0.29, 0.717) is 17.4 Å². The molecule has 0 aliphatic heterocycles. The second-order valence-corrected chi connectivity index (χ2v) is 3.89. The van der Waals surface area contributed by atoms with Crippen molar-refractivity contribution in [1.29, 1.82) is 0 Å². The molecule has 1 aromatic carbocycles. The molecule has 4 heteroatoms. The standard InChI is InChI=1S/C13H12ClNO.ClH/c1-10-13(12(14)7-8-15-10)16-9-11-5-3-2-4-6-11;/h2-8H,9H2,1H3;1H. The zero-order valence-corrected chi connectivity index (χ0v) is 11.0. The summed E-state index contributed by atoms with van der Waals surface area (Å²) < 4.78 is 5.66. The van der Waals surface area contributed by atoms with Crippen LogP contribution in [-0.4, -0.2) is 4.98 Å². The monoisotopic (exact) mass is 269 g/mol. The van der Waals surface area contributed by atoms with Crippen molar-refractivity contribution in [3.05, 3.63) is 58.9 Å². The zero-order valence-electron chi connectivity index (χ0n) is 9.39. The van der Waals surface area contributed by atoms with Gasteiger partial charge in [-0.2, -0.15) is 0 Å². The molecule has 0 unspecified atom stereocenters. The van der Waals surface area contributed by atoms with Crippen LogP contribution >= 0.6 is 24.0 Å². The van der Waals surface area contributed by atoms with Crippen LogP contribution in [0.3, 0.4) is 0 Å². The van der Waals surface area contributed by atoms with Gasteiger partial charge in [-0.3, -0.25) is 4.98 Å². The topological polar surface area (TPSA) is 22.1 Å². The minimum absolute atomic E-state index is 0. The van der Waals surface area contributed by atoms with Crippen LogP contribution in [0.4, 0.5) is 0 Å². The summed E-state index contributed by atoms with van der Waals surface area (Å²) in [5.74, 6) is 0.660. The molecular weight excluding hydrogens is 257 g/mol. The molecule has 2 rings (SSSR count). The van der Waals surface area contributed by atoms with Crippen molar-refractivity contribution in [2.24, 2.45) is 0 Å². The van der Waals surface area contributed by atoms with Gasteiger partial charge in [0.1, 0.15) is 6.61 Å². The lowest BCUT2D eigenvalue weighted by Crippen LogP contribution is -1.98. The highest BCUT2D eigenvalue weighted by Gasteiger charge is 2.05. The molecule has 2 aromatic rings. The Hall–Kier alpha value is -1.25. The summed E-state index contributed by atoms with van der Waals surface area (Å²) in [5, 5.41) is 0.600. The molecule has 17 heavy (non-hydrogen) atoms. The van der Waals surface area contributed by atoms with Gasteiger partial charge in [0.15, 0.2) is 5.75 Å². The quantitative estimate of drug-likeness (QED) is 0.839. The van der Waals surface area contributed by atoms with E-state index >= 15 is 0 Å². The lowest BCUT2D eigenvalue weighted by Gasteiger charge is -2.09. The minimum atomic E-state index is 0. The highest BCUT2D eigenvalue weighted by Crippen LogP contribution is 2.26. The summed E-state index contributed by atoms with van der Waals surface area (Å²) in [6, 6.07) is 11.7. The molecule has 0 saturated carbocycles. The number of benzene rings is 1. The van der Waals surface area contributed by atoms with Gasteiger partial charge in [0, 0.05) is 6.20 Å².